The predicted molar refractivity (Wildman–Crippen MR) is 91.2 cm³/mol. The Labute approximate surface area is 146 Å². The van der Waals surface area contributed by atoms with Gasteiger partial charge in [0.25, 0.3) is 0 Å². The van der Waals surface area contributed by atoms with Gasteiger partial charge in [-0.2, -0.15) is 0 Å². The third kappa shape index (κ3) is 5.00. The van der Waals surface area contributed by atoms with Gasteiger partial charge in [0.05, 0.1) is 16.9 Å². The SMILES string of the molecule is O=C(CSc1ccc(Cl)cc1)Nc1cc(C(=O)O)cc(C(=O)O)c1. The average Bonchev–Trinajstić information content (AvgIpc) is 2.54. The maximum absolute atomic E-state index is 12.0. The first kappa shape index (κ1) is 17.8. The monoisotopic (exact) mass is 365 g/mol. The zero-order valence-electron chi connectivity index (χ0n) is 12.2. The number of anilines is 1. The Morgan fingerprint density at radius 2 is 1.50 bits per heavy atom. The van der Waals surface area contributed by atoms with Crippen LogP contribution in [0.5, 0.6) is 0 Å². The van der Waals surface area contributed by atoms with Crippen LogP contribution in [0.1, 0.15) is 20.7 Å². The first-order valence-corrected chi connectivity index (χ1v) is 8.01. The first-order valence-electron chi connectivity index (χ1n) is 6.65. The molecule has 0 heterocycles. The van der Waals surface area contributed by atoms with Crippen molar-refractivity contribution < 1.29 is 24.6 Å². The molecule has 0 aliphatic rings. The number of hydrogen-bond donors (Lipinski definition) is 3. The van der Waals surface area contributed by atoms with E-state index < -0.39 is 11.9 Å². The number of nitrogens with one attached hydrogen (secondary N) is 1. The first-order chi connectivity index (χ1) is 11.3. The number of carboxylic acids is 2. The van der Waals surface area contributed by atoms with Gasteiger partial charge < -0.3 is 15.5 Å². The normalized spacial score (nSPS) is 10.2. The number of carbonyl (C=O) groups is 3. The summed E-state index contributed by atoms with van der Waals surface area (Å²) in [6.07, 6.45) is 0. The number of rotatable bonds is 6. The minimum atomic E-state index is -1.27. The minimum absolute atomic E-state index is 0.0847. The molecule has 0 radical (unpaired) electrons. The van der Waals surface area contributed by atoms with Gasteiger partial charge in [0.1, 0.15) is 0 Å². The second kappa shape index (κ2) is 7.85. The topological polar surface area (TPSA) is 104 Å². The molecule has 0 aromatic heterocycles. The Kier molecular flexibility index (Phi) is 5.83. The third-order valence-electron chi connectivity index (χ3n) is 2.89. The highest BCUT2D eigenvalue weighted by Gasteiger charge is 2.13. The van der Waals surface area contributed by atoms with E-state index in [1.54, 1.807) is 24.3 Å². The Balaban J connectivity index is 2.06. The lowest BCUT2D eigenvalue weighted by Crippen LogP contribution is -2.15. The molecule has 0 aliphatic carbocycles. The number of carbonyl (C=O) groups excluding carboxylic acids is 1. The second-order valence-corrected chi connectivity index (χ2v) is 6.19. The van der Waals surface area contributed by atoms with Gasteiger partial charge >= 0.3 is 11.9 Å². The summed E-state index contributed by atoms with van der Waals surface area (Å²) in [6.45, 7) is 0. The van der Waals surface area contributed by atoms with Crippen molar-refractivity contribution >= 4 is 46.9 Å². The third-order valence-corrected chi connectivity index (χ3v) is 4.16. The highest BCUT2D eigenvalue weighted by Crippen LogP contribution is 2.21. The molecule has 3 N–H and O–H groups in total. The molecule has 2 rings (SSSR count). The van der Waals surface area contributed by atoms with Crippen molar-refractivity contribution in [2.24, 2.45) is 0 Å². The fourth-order valence-corrected chi connectivity index (χ4v) is 2.65. The molecular formula is C16H12ClNO5S. The molecular weight excluding hydrogens is 354 g/mol. The zero-order valence-corrected chi connectivity index (χ0v) is 13.7. The molecule has 24 heavy (non-hydrogen) atoms. The van der Waals surface area contributed by atoms with E-state index in [0.29, 0.717) is 5.02 Å². The van der Waals surface area contributed by atoms with E-state index in [2.05, 4.69) is 5.32 Å². The Morgan fingerprint density at radius 3 is 2.00 bits per heavy atom. The molecule has 0 atom stereocenters. The van der Waals surface area contributed by atoms with Gasteiger partial charge in [-0.25, -0.2) is 9.59 Å². The molecule has 0 bridgehead atoms. The number of aromatic carboxylic acids is 2. The van der Waals surface area contributed by atoms with E-state index >= 15 is 0 Å². The fourth-order valence-electron chi connectivity index (χ4n) is 1.82. The number of hydrogen-bond acceptors (Lipinski definition) is 4. The molecule has 1 amide bonds. The summed E-state index contributed by atoms with van der Waals surface area (Å²) >= 11 is 7.05. The Bertz CT molecular complexity index is 759. The molecule has 0 fully saturated rings. The number of amides is 1. The summed E-state index contributed by atoms with van der Waals surface area (Å²) < 4.78 is 0. The van der Waals surface area contributed by atoms with Crippen LogP contribution < -0.4 is 5.32 Å². The molecule has 0 aliphatic heterocycles. The number of thioether (sulfide) groups is 1. The summed E-state index contributed by atoms with van der Waals surface area (Å²) in [5, 5.41) is 21.1. The van der Waals surface area contributed by atoms with Crippen LogP contribution in [-0.2, 0) is 4.79 Å². The summed E-state index contributed by atoms with van der Waals surface area (Å²) in [4.78, 5) is 34.9. The van der Waals surface area contributed by atoms with Gasteiger partial charge in [0.2, 0.25) is 5.91 Å². The van der Waals surface area contributed by atoms with Crippen LogP contribution in [0.3, 0.4) is 0 Å². The minimum Gasteiger partial charge on any atom is -0.478 e. The highest BCUT2D eigenvalue weighted by molar-refractivity contribution is 8.00. The van der Waals surface area contributed by atoms with Crippen LogP contribution in [0.15, 0.2) is 47.4 Å². The van der Waals surface area contributed by atoms with Crippen LogP contribution >= 0.6 is 23.4 Å². The van der Waals surface area contributed by atoms with Gasteiger partial charge in [-0.1, -0.05) is 11.6 Å². The highest BCUT2D eigenvalue weighted by atomic mass is 35.5. The van der Waals surface area contributed by atoms with Crippen molar-refractivity contribution in [1.29, 1.82) is 0 Å². The van der Waals surface area contributed by atoms with E-state index in [9.17, 15) is 14.4 Å². The van der Waals surface area contributed by atoms with Crippen molar-refractivity contribution in [2.75, 3.05) is 11.1 Å². The van der Waals surface area contributed by atoms with Gasteiger partial charge in [-0.15, -0.1) is 11.8 Å². The summed E-state index contributed by atoms with van der Waals surface area (Å²) in [5.74, 6) is -2.84. The summed E-state index contributed by atoms with van der Waals surface area (Å²) in [5.41, 5.74) is -0.305. The lowest BCUT2D eigenvalue weighted by Gasteiger charge is -2.08. The smallest absolute Gasteiger partial charge is 0.335 e. The molecule has 124 valence electrons. The Hall–Kier alpha value is -2.51. The maximum atomic E-state index is 12.0. The Morgan fingerprint density at radius 1 is 0.958 bits per heavy atom. The quantitative estimate of drug-likeness (QED) is 0.677. The van der Waals surface area contributed by atoms with Gasteiger partial charge in [-0.3, -0.25) is 4.79 Å². The van der Waals surface area contributed by atoms with Crippen molar-refractivity contribution in [3.8, 4) is 0 Å². The van der Waals surface area contributed by atoms with E-state index in [4.69, 9.17) is 21.8 Å². The van der Waals surface area contributed by atoms with Crippen molar-refractivity contribution in [3.63, 3.8) is 0 Å². The molecule has 0 unspecified atom stereocenters. The molecule has 2 aromatic carbocycles. The van der Waals surface area contributed by atoms with Crippen LogP contribution in [0.2, 0.25) is 5.02 Å². The van der Waals surface area contributed by atoms with Gasteiger partial charge in [-0.05, 0) is 42.5 Å². The van der Waals surface area contributed by atoms with Crippen LogP contribution in [0, 0.1) is 0 Å². The molecule has 2 aromatic rings. The lowest BCUT2D eigenvalue weighted by atomic mass is 10.1. The maximum Gasteiger partial charge on any atom is 0.335 e. The second-order valence-electron chi connectivity index (χ2n) is 4.70. The summed E-state index contributed by atoms with van der Waals surface area (Å²) in [6, 6.07) is 10.4. The van der Waals surface area contributed by atoms with Crippen molar-refractivity contribution in [2.45, 2.75) is 4.90 Å². The number of carboxylic acid groups (broad SMARTS) is 2. The molecule has 0 spiro atoms. The predicted octanol–water partition coefficient (Wildman–Crippen LogP) is 3.47. The molecule has 8 heteroatoms. The number of benzene rings is 2. The lowest BCUT2D eigenvalue weighted by molar-refractivity contribution is -0.113. The van der Waals surface area contributed by atoms with Crippen LogP contribution in [0.4, 0.5) is 5.69 Å². The van der Waals surface area contributed by atoms with E-state index in [1.807, 2.05) is 0 Å². The number of halogens is 1. The zero-order chi connectivity index (χ0) is 17.7. The fraction of sp³-hybridized carbons (Fsp3) is 0.0625. The van der Waals surface area contributed by atoms with Crippen molar-refractivity contribution in [3.05, 3.63) is 58.6 Å². The van der Waals surface area contributed by atoms with E-state index in [1.165, 1.54) is 23.9 Å². The van der Waals surface area contributed by atoms with Crippen LogP contribution in [-0.4, -0.2) is 33.8 Å². The van der Waals surface area contributed by atoms with Crippen LogP contribution in [0.25, 0.3) is 0 Å². The van der Waals surface area contributed by atoms with E-state index in [-0.39, 0.29) is 28.5 Å². The molecule has 0 saturated carbocycles. The standard InChI is InChI=1S/C16H12ClNO5S/c17-11-1-3-13(4-2-11)24-8-14(19)18-12-6-9(15(20)21)5-10(7-12)16(22)23/h1-7H,8H2,(H,18,19)(H,20,21)(H,22,23). The van der Waals surface area contributed by atoms with Crippen molar-refractivity contribution in [1.82, 2.24) is 0 Å². The van der Waals surface area contributed by atoms with Gasteiger partial charge in [0.15, 0.2) is 0 Å². The largest absolute Gasteiger partial charge is 0.478 e. The molecule has 0 saturated heterocycles. The average molecular weight is 366 g/mol. The van der Waals surface area contributed by atoms with Gasteiger partial charge in [0, 0.05) is 15.6 Å². The van der Waals surface area contributed by atoms with E-state index in [0.717, 1.165) is 11.0 Å². The summed E-state index contributed by atoms with van der Waals surface area (Å²) in [7, 11) is 0. The molecule has 6 nitrogen and oxygen atoms in total.